The zero-order valence-electron chi connectivity index (χ0n) is 11.2. The normalized spacial score (nSPS) is 10.2. The molecule has 20 heavy (non-hydrogen) atoms. The number of pyridine rings is 1. The highest BCUT2D eigenvalue weighted by atomic mass is 16.5. The number of carboxylic acids is 1. The van der Waals surface area contributed by atoms with Crippen LogP contribution >= 0.6 is 0 Å². The van der Waals surface area contributed by atoms with Gasteiger partial charge in [0.1, 0.15) is 11.3 Å². The van der Waals surface area contributed by atoms with Crippen LogP contribution in [0.3, 0.4) is 0 Å². The molecule has 2 N–H and O–H groups in total. The highest BCUT2D eigenvalue weighted by molar-refractivity contribution is 5.90. The first-order chi connectivity index (χ1) is 9.70. The van der Waals surface area contributed by atoms with Crippen molar-refractivity contribution in [1.82, 2.24) is 10.3 Å². The molecule has 2 aromatic rings. The van der Waals surface area contributed by atoms with Gasteiger partial charge in [-0.15, -0.1) is 0 Å². The van der Waals surface area contributed by atoms with Crippen molar-refractivity contribution >= 4 is 5.97 Å². The molecule has 0 atom stereocenters. The summed E-state index contributed by atoms with van der Waals surface area (Å²) < 4.78 is 5.09. The molecule has 0 aliphatic carbocycles. The van der Waals surface area contributed by atoms with Crippen LogP contribution in [0.25, 0.3) is 0 Å². The summed E-state index contributed by atoms with van der Waals surface area (Å²) in [5.74, 6) is -0.621. The van der Waals surface area contributed by atoms with Crippen molar-refractivity contribution in [1.29, 1.82) is 0 Å². The standard InChI is InChI=1S/C15H16N2O3/c1-20-14-8-11(5-6-13(14)15(18)19)9-16-10-12-4-2-3-7-17-12/h2-8,16H,9-10H2,1H3,(H,18,19). The fraction of sp³-hybridized carbons (Fsp3) is 0.200. The maximum absolute atomic E-state index is 11.0. The van der Waals surface area contributed by atoms with Crippen molar-refractivity contribution in [3.05, 3.63) is 59.4 Å². The largest absolute Gasteiger partial charge is 0.496 e. The number of aromatic nitrogens is 1. The van der Waals surface area contributed by atoms with Gasteiger partial charge in [-0.1, -0.05) is 12.1 Å². The number of carboxylic acid groups (broad SMARTS) is 1. The van der Waals surface area contributed by atoms with E-state index >= 15 is 0 Å². The van der Waals surface area contributed by atoms with Crippen LogP contribution in [0.5, 0.6) is 5.75 Å². The summed E-state index contributed by atoms with van der Waals surface area (Å²) in [6.07, 6.45) is 1.75. The van der Waals surface area contributed by atoms with Crippen molar-refractivity contribution in [3.8, 4) is 5.75 Å². The highest BCUT2D eigenvalue weighted by Crippen LogP contribution is 2.20. The summed E-state index contributed by atoms with van der Waals surface area (Å²) in [5.41, 5.74) is 2.09. The number of methoxy groups -OCH3 is 1. The minimum Gasteiger partial charge on any atom is -0.496 e. The summed E-state index contributed by atoms with van der Waals surface area (Å²) in [6, 6.07) is 10.8. The van der Waals surface area contributed by atoms with Gasteiger partial charge in [0, 0.05) is 19.3 Å². The molecular formula is C15H16N2O3. The van der Waals surface area contributed by atoms with E-state index in [1.54, 1.807) is 24.4 Å². The average molecular weight is 272 g/mol. The van der Waals surface area contributed by atoms with Crippen LogP contribution in [0.1, 0.15) is 21.6 Å². The van der Waals surface area contributed by atoms with E-state index in [0.29, 0.717) is 18.8 Å². The first-order valence-electron chi connectivity index (χ1n) is 6.21. The summed E-state index contributed by atoms with van der Waals surface area (Å²) >= 11 is 0. The molecule has 1 heterocycles. The molecule has 0 unspecified atom stereocenters. The maximum atomic E-state index is 11.0. The lowest BCUT2D eigenvalue weighted by atomic mass is 10.1. The van der Waals surface area contributed by atoms with E-state index in [-0.39, 0.29) is 5.56 Å². The fourth-order valence-electron chi connectivity index (χ4n) is 1.86. The van der Waals surface area contributed by atoms with Crippen LogP contribution in [0.15, 0.2) is 42.6 Å². The van der Waals surface area contributed by atoms with E-state index in [4.69, 9.17) is 9.84 Å². The predicted octanol–water partition coefficient (Wildman–Crippen LogP) is 2.08. The molecule has 0 radical (unpaired) electrons. The molecule has 0 aliphatic rings. The van der Waals surface area contributed by atoms with Crippen molar-refractivity contribution in [2.75, 3.05) is 7.11 Å². The number of hydrogen-bond acceptors (Lipinski definition) is 4. The van der Waals surface area contributed by atoms with E-state index < -0.39 is 5.97 Å². The molecule has 0 fully saturated rings. The smallest absolute Gasteiger partial charge is 0.339 e. The van der Waals surface area contributed by atoms with Crippen LogP contribution in [0, 0.1) is 0 Å². The minimum absolute atomic E-state index is 0.168. The monoisotopic (exact) mass is 272 g/mol. The van der Waals surface area contributed by atoms with Gasteiger partial charge >= 0.3 is 5.97 Å². The molecule has 0 spiro atoms. The number of nitrogens with zero attached hydrogens (tertiary/aromatic N) is 1. The lowest BCUT2D eigenvalue weighted by Gasteiger charge is -2.09. The van der Waals surface area contributed by atoms with Gasteiger partial charge in [0.05, 0.1) is 12.8 Å². The van der Waals surface area contributed by atoms with Crippen molar-refractivity contribution < 1.29 is 14.6 Å². The van der Waals surface area contributed by atoms with Gasteiger partial charge in [-0.25, -0.2) is 4.79 Å². The van der Waals surface area contributed by atoms with E-state index in [0.717, 1.165) is 11.3 Å². The summed E-state index contributed by atoms with van der Waals surface area (Å²) in [7, 11) is 1.47. The summed E-state index contributed by atoms with van der Waals surface area (Å²) in [5, 5.41) is 12.3. The molecule has 0 bridgehead atoms. The zero-order valence-corrected chi connectivity index (χ0v) is 11.2. The number of rotatable bonds is 6. The number of nitrogens with one attached hydrogen (secondary N) is 1. The number of hydrogen-bond donors (Lipinski definition) is 2. The third-order valence-corrected chi connectivity index (χ3v) is 2.86. The Kier molecular flexibility index (Phi) is 4.68. The van der Waals surface area contributed by atoms with Crippen LogP contribution in [0.2, 0.25) is 0 Å². The SMILES string of the molecule is COc1cc(CNCc2ccccn2)ccc1C(=O)O. The number of ether oxygens (including phenoxy) is 1. The van der Waals surface area contributed by atoms with Gasteiger partial charge in [-0.3, -0.25) is 4.98 Å². The molecule has 0 saturated heterocycles. The van der Waals surface area contributed by atoms with Crippen molar-refractivity contribution in [2.45, 2.75) is 13.1 Å². The molecule has 1 aromatic heterocycles. The first kappa shape index (κ1) is 14.0. The average Bonchev–Trinajstić information content (AvgIpc) is 2.48. The quantitative estimate of drug-likeness (QED) is 0.842. The number of aromatic carboxylic acids is 1. The first-order valence-corrected chi connectivity index (χ1v) is 6.21. The highest BCUT2D eigenvalue weighted by Gasteiger charge is 2.10. The second-order valence-corrected chi connectivity index (χ2v) is 4.26. The molecular weight excluding hydrogens is 256 g/mol. The summed E-state index contributed by atoms with van der Waals surface area (Å²) in [4.78, 5) is 15.2. The van der Waals surface area contributed by atoms with Crippen LogP contribution < -0.4 is 10.1 Å². The Balaban J connectivity index is 1.98. The van der Waals surface area contributed by atoms with Gasteiger partial charge < -0.3 is 15.2 Å². The minimum atomic E-state index is -0.991. The molecule has 0 saturated carbocycles. The Morgan fingerprint density at radius 3 is 2.80 bits per heavy atom. The second kappa shape index (κ2) is 6.68. The third-order valence-electron chi connectivity index (χ3n) is 2.86. The second-order valence-electron chi connectivity index (χ2n) is 4.26. The Morgan fingerprint density at radius 2 is 2.15 bits per heavy atom. The van der Waals surface area contributed by atoms with Crippen LogP contribution in [0.4, 0.5) is 0 Å². The van der Waals surface area contributed by atoms with Gasteiger partial charge in [0.2, 0.25) is 0 Å². The van der Waals surface area contributed by atoms with E-state index in [1.165, 1.54) is 7.11 Å². The zero-order chi connectivity index (χ0) is 14.4. The molecule has 1 aromatic carbocycles. The Labute approximate surface area is 117 Å². The van der Waals surface area contributed by atoms with Gasteiger partial charge in [0.25, 0.3) is 0 Å². The molecule has 104 valence electrons. The van der Waals surface area contributed by atoms with Crippen LogP contribution in [-0.4, -0.2) is 23.2 Å². The van der Waals surface area contributed by atoms with Crippen LogP contribution in [-0.2, 0) is 13.1 Å². The molecule has 5 heteroatoms. The summed E-state index contributed by atoms with van der Waals surface area (Å²) in [6.45, 7) is 1.27. The van der Waals surface area contributed by atoms with Gasteiger partial charge in [-0.05, 0) is 29.8 Å². The molecule has 5 nitrogen and oxygen atoms in total. The maximum Gasteiger partial charge on any atom is 0.339 e. The molecule has 2 rings (SSSR count). The number of carbonyl (C=O) groups is 1. The third kappa shape index (κ3) is 3.55. The molecule has 0 amide bonds. The van der Waals surface area contributed by atoms with Gasteiger partial charge in [0.15, 0.2) is 0 Å². The van der Waals surface area contributed by atoms with Gasteiger partial charge in [-0.2, -0.15) is 0 Å². The van der Waals surface area contributed by atoms with E-state index in [9.17, 15) is 4.79 Å². The van der Waals surface area contributed by atoms with E-state index in [2.05, 4.69) is 10.3 Å². The molecule has 0 aliphatic heterocycles. The number of benzene rings is 1. The Bertz CT molecular complexity index is 585. The Hall–Kier alpha value is -2.40. The van der Waals surface area contributed by atoms with Crippen molar-refractivity contribution in [2.24, 2.45) is 0 Å². The Morgan fingerprint density at radius 1 is 1.30 bits per heavy atom. The predicted molar refractivity (Wildman–Crippen MR) is 74.7 cm³/mol. The topological polar surface area (TPSA) is 71.5 Å². The lowest BCUT2D eigenvalue weighted by molar-refractivity contribution is 0.0693. The van der Waals surface area contributed by atoms with Crippen molar-refractivity contribution in [3.63, 3.8) is 0 Å². The fourth-order valence-corrected chi connectivity index (χ4v) is 1.86. The lowest BCUT2D eigenvalue weighted by Crippen LogP contribution is -2.14. The van der Waals surface area contributed by atoms with E-state index in [1.807, 2.05) is 18.2 Å².